The number of nitrogens with zero attached hydrogens (tertiary/aromatic N) is 14. The van der Waals surface area contributed by atoms with E-state index in [9.17, 15) is 63.5 Å². The number of nitrogens with one attached hydrogen (secondary N) is 1. The number of ether oxygens (including phenoxy) is 5. The lowest BCUT2D eigenvalue weighted by molar-refractivity contribution is -0.133. The molecule has 10 atom stereocenters. The number of benzene rings is 8. The lowest BCUT2D eigenvalue weighted by Gasteiger charge is -2.41. The third-order valence-corrected chi connectivity index (χ3v) is 29.8. The van der Waals surface area contributed by atoms with Gasteiger partial charge in [-0.15, -0.1) is 11.3 Å². The molecular weight excluding hydrogens is 1970 g/mol. The van der Waals surface area contributed by atoms with Crippen LogP contribution < -0.4 is 63.0 Å². The number of likely N-dealkylation sites (tertiary alicyclic amines) is 1. The van der Waals surface area contributed by atoms with Crippen LogP contribution in [0.5, 0.6) is 28.7 Å². The average molecular weight is 2090 g/mol. The van der Waals surface area contributed by atoms with E-state index in [4.69, 9.17) is 39.1 Å². The highest BCUT2D eigenvalue weighted by atomic mass is 32.1. The molecule has 3 aromatic heterocycles. The molecule has 150 heavy (non-hydrogen) atoms. The fraction of sp³-hybridized carbons (Fsp3) is 0.358. The molecule has 0 spiro atoms. The van der Waals surface area contributed by atoms with Gasteiger partial charge in [0.1, 0.15) is 35.1 Å². The molecule has 4 fully saturated rings. The first-order chi connectivity index (χ1) is 71.8. The van der Waals surface area contributed by atoms with E-state index in [-0.39, 0.29) is 100 Å². The Labute approximate surface area is 865 Å². The van der Waals surface area contributed by atoms with Crippen molar-refractivity contribution in [1.82, 2.24) is 44.4 Å². The van der Waals surface area contributed by atoms with Gasteiger partial charge in [0.25, 0.3) is 29.5 Å². The fourth-order valence-electron chi connectivity index (χ4n) is 21.0. The fourth-order valence-corrected chi connectivity index (χ4v) is 21.9. The summed E-state index contributed by atoms with van der Waals surface area (Å²) in [5, 5.41) is 2.02. The Morgan fingerprint density at radius 3 is 1.36 bits per heavy atom. The number of thiophene rings is 1. The Balaban J connectivity index is 0.000000133. The van der Waals surface area contributed by atoms with Gasteiger partial charge < -0.3 is 68.0 Å². The third kappa shape index (κ3) is 21.9. The predicted molar refractivity (Wildman–Crippen MR) is 551 cm³/mol. The number of carbonyl (C=O) groups excluding carboxylic acids is 5. The standard InChI is InChI=1S/C23H25F2N3O2.C23H22FN5O2.C22H24F2N4O2.C21H24F2N4O2S.C20H23F2N5O2/c1-28-20(29)23(27-22(28)26,17-10-12-19(13-11-17)30-21(24)25)18-9-5-8-16(14-18)15-6-3-2-4-7-15;1-14-11-18(7-8-20(14)31-15(2)24)23(21(30)29(3)22(25)28-23)17-6-4-5-16(12-17)19-9-10-26-13-27-19;1-14-10-11-28(13-14)17-5-3-4-16(12-17)22(19(29)27(2)21(25)26-22)15-6-8-18(9-7-15)30-20(23)24;1-27-18(28)21(26-20(27)25,12-4-7-14(8-5-12)29-19(22)23)13-6-9-16(24)15(11-13)17-3-2-10-30-17;1-26-17(28)20(25-19(26)23,13-4-7-15(8-5-13)29-18(21)22)16-9-6-14(24-16)12-27-10-2-3-11-27/h5,8-15,21H,2-4,6-7H2,1H3,(H2,26,27);4-13,15H,1-3H3,(H2,25,28);3-9,12,14,20H,10-11,13H2,1-2H3,(H2,25,26);2-5,7-8,10,13,15-16,19H,6,9,11,24H2,1H3,(H2,25,26);4-9,18,24H,2-3,10-12H2,1H3,(H2,23,25). The maximum atomic E-state index is 13.5. The average Bonchev–Trinajstić information content (AvgIpc) is 1.59. The van der Waals surface area contributed by atoms with Crippen molar-refractivity contribution in [3.05, 3.63) is 308 Å². The topological polar surface area (TPSA) is 414 Å². The second kappa shape index (κ2) is 45.4. The Morgan fingerprint density at radius 2 is 0.907 bits per heavy atom. The number of nitrogens with two attached hydrogens (primary N) is 6. The molecule has 2 aliphatic carbocycles. The van der Waals surface area contributed by atoms with Crippen LogP contribution in [0.3, 0.4) is 0 Å². The number of guanidine groups is 5. The van der Waals surface area contributed by atoms with Gasteiger partial charge in [-0.2, -0.15) is 35.1 Å². The molecule has 9 aliphatic rings. The molecule has 8 aromatic carbocycles. The molecule has 13 N–H and O–H groups in total. The van der Waals surface area contributed by atoms with Crippen LogP contribution in [0, 0.1) is 18.8 Å². The van der Waals surface area contributed by atoms with Gasteiger partial charge in [0, 0.05) is 102 Å². The maximum Gasteiger partial charge on any atom is 0.387 e. The van der Waals surface area contributed by atoms with Crippen LogP contribution in [-0.2, 0) is 58.2 Å². The predicted octanol–water partition coefficient (Wildman–Crippen LogP) is 16.2. The summed E-state index contributed by atoms with van der Waals surface area (Å²) in [5.41, 5.74) is 40.8. The summed E-state index contributed by atoms with van der Waals surface area (Å²) in [6.45, 7) is -1.56. The maximum absolute atomic E-state index is 13.5. The van der Waals surface area contributed by atoms with E-state index in [1.165, 1.54) is 129 Å². The molecule has 2 saturated heterocycles. The Morgan fingerprint density at radius 1 is 0.447 bits per heavy atom. The van der Waals surface area contributed by atoms with Crippen LogP contribution >= 0.6 is 11.3 Å². The van der Waals surface area contributed by atoms with Gasteiger partial charge >= 0.3 is 26.4 Å². The quantitative estimate of drug-likeness (QED) is 0.0248. The number of alkyl halides is 9. The van der Waals surface area contributed by atoms with Gasteiger partial charge in [-0.05, 0) is 253 Å². The molecule has 10 unspecified atom stereocenters. The minimum absolute atomic E-state index is 0.00864. The summed E-state index contributed by atoms with van der Waals surface area (Å²) in [4.78, 5) is 114. The SMILES string of the molecule is CC1CCN(c2cccc(C3(c4ccc(OC(F)F)cc4)N=C(N)N(C)C3=O)c2)C1.CN1C(=O)C(c2ccc(OC(F)F)cc2)(C2CCC(N)C(c3cccs3)C2)N=C1N.CN1C(=O)C(c2ccc(OC(F)F)cc2)(c2ccc(CN3CCCC3)[nH]2)N=C1N.CN1C(=O)C(c2ccc(OC(F)F)cc2)(c2cccc(C3CCCCC3)c2)N=C1N.Cc1cc(C2(c3cccc(-c4ccncn4)c3)N=C(N)N(C)C2=O)ccc1OC(C)F. The number of aromatic amines is 1. The van der Waals surface area contributed by atoms with Gasteiger partial charge in [0.05, 0.1) is 11.4 Å². The lowest BCUT2D eigenvalue weighted by Crippen LogP contribution is -2.48. The highest BCUT2D eigenvalue weighted by Gasteiger charge is 2.58. The number of rotatable bonds is 26. The number of amides is 5. The van der Waals surface area contributed by atoms with Crippen LogP contribution in [0.25, 0.3) is 11.3 Å². The molecule has 0 radical (unpaired) electrons. The van der Waals surface area contributed by atoms with Crippen LogP contribution in [0.2, 0.25) is 0 Å². The first-order valence-corrected chi connectivity index (χ1v) is 50.0. The molecule has 7 aliphatic heterocycles. The van der Waals surface area contributed by atoms with Gasteiger partial charge in [-0.3, -0.25) is 53.4 Å². The monoisotopic (exact) mass is 2080 g/mol. The van der Waals surface area contributed by atoms with E-state index in [2.05, 4.69) is 87.7 Å². The third-order valence-electron chi connectivity index (χ3n) is 28.8. The molecule has 20 rings (SSSR count). The number of hydrogen-bond donors (Lipinski definition) is 7. The van der Waals surface area contributed by atoms with E-state index in [0.717, 1.165) is 86.6 Å². The Kier molecular flexibility index (Phi) is 32.5. The summed E-state index contributed by atoms with van der Waals surface area (Å²) in [5.74, 6) is 0.762. The minimum Gasteiger partial charge on any atom is -0.460 e. The van der Waals surface area contributed by atoms with Gasteiger partial charge in [-0.1, -0.05) is 141 Å². The van der Waals surface area contributed by atoms with E-state index < -0.39 is 60.5 Å². The lowest BCUT2D eigenvalue weighted by atomic mass is 9.66. The number of aryl methyl sites for hydroxylation is 1. The van der Waals surface area contributed by atoms with Crippen LogP contribution in [0.4, 0.5) is 45.2 Å². The number of aliphatic imine (C=N–C) groups is 5. The largest absolute Gasteiger partial charge is 0.460 e. The number of anilines is 1. The van der Waals surface area contributed by atoms with E-state index in [0.29, 0.717) is 80.6 Å². The summed E-state index contributed by atoms with van der Waals surface area (Å²) < 4.78 is 136. The van der Waals surface area contributed by atoms with Crippen LogP contribution in [0.15, 0.2) is 261 Å². The normalized spacial score (nSPS) is 23.5. The number of halogens is 9. The molecule has 31 nitrogen and oxygen atoms in total. The van der Waals surface area contributed by atoms with Crippen molar-refractivity contribution in [1.29, 1.82) is 0 Å². The summed E-state index contributed by atoms with van der Waals surface area (Å²) >= 11 is 1.66. The number of likely N-dealkylation sites (N-methyl/N-ethyl adjacent to an activating group) is 5. The van der Waals surface area contributed by atoms with Crippen molar-refractivity contribution < 1.29 is 87.2 Å². The van der Waals surface area contributed by atoms with Crippen molar-refractivity contribution >= 4 is 76.4 Å². The smallest absolute Gasteiger partial charge is 0.387 e. The summed E-state index contributed by atoms with van der Waals surface area (Å²) in [6.07, 6.45) is 13.3. The van der Waals surface area contributed by atoms with Crippen molar-refractivity contribution in [2.75, 3.05) is 66.3 Å². The molecule has 11 aromatic rings. The highest BCUT2D eigenvalue weighted by molar-refractivity contribution is 7.10. The van der Waals surface area contributed by atoms with E-state index >= 15 is 0 Å². The summed E-state index contributed by atoms with van der Waals surface area (Å²) in [7, 11) is 7.91. The second-order valence-electron chi connectivity index (χ2n) is 38.2. The molecule has 41 heteroatoms. The molecule has 788 valence electrons. The first-order valence-electron chi connectivity index (χ1n) is 49.1. The van der Waals surface area contributed by atoms with Crippen LogP contribution in [-0.4, -0.2) is 204 Å². The van der Waals surface area contributed by atoms with E-state index in [1.807, 2.05) is 90.3 Å². The Bertz CT molecular complexity index is 6680. The molecular formula is C109H118F9N21O10S. The number of aromatic nitrogens is 3. The number of carbonyl (C=O) groups is 5. The summed E-state index contributed by atoms with van der Waals surface area (Å²) in [6, 6.07) is 62.0. The highest BCUT2D eigenvalue weighted by Crippen LogP contribution is 2.52. The van der Waals surface area contributed by atoms with E-state index in [1.54, 1.807) is 132 Å². The zero-order valence-electron chi connectivity index (χ0n) is 83.7. The number of H-pyrrole nitrogens is 1. The first kappa shape index (κ1) is 107. The van der Waals surface area contributed by atoms with Crippen molar-refractivity contribution in [2.45, 2.75) is 176 Å². The Hall–Kier alpha value is -15.4. The molecule has 0 bridgehead atoms. The zero-order valence-corrected chi connectivity index (χ0v) is 84.5. The van der Waals surface area contributed by atoms with Crippen LogP contribution in [0.1, 0.15) is 168 Å². The van der Waals surface area contributed by atoms with Crippen molar-refractivity contribution in [3.63, 3.8) is 0 Å². The molecule has 10 heterocycles. The molecule has 5 amide bonds. The minimum atomic E-state index is -2.92. The van der Waals surface area contributed by atoms with Gasteiger partial charge in [-0.25, -0.2) is 39.3 Å². The second-order valence-corrected chi connectivity index (χ2v) is 39.2. The van der Waals surface area contributed by atoms with Crippen molar-refractivity contribution in [3.8, 4) is 40.0 Å². The zero-order chi connectivity index (χ0) is 107. The van der Waals surface area contributed by atoms with Crippen molar-refractivity contribution in [2.24, 2.45) is 71.2 Å². The van der Waals surface area contributed by atoms with Gasteiger partial charge in [0.15, 0.2) is 52.0 Å². The molecule has 2 saturated carbocycles. The number of hydrogen-bond acceptors (Lipinski definition) is 26. The van der Waals surface area contributed by atoms with Gasteiger partial charge in [0.2, 0.25) is 11.9 Å².